The molecule has 1 heterocycles. The van der Waals surface area contributed by atoms with Gasteiger partial charge in [0.05, 0.1) is 19.1 Å². The molecule has 0 bridgehead atoms. The lowest BCUT2D eigenvalue weighted by Gasteiger charge is -2.10. The van der Waals surface area contributed by atoms with Gasteiger partial charge in [0.25, 0.3) is 0 Å². The van der Waals surface area contributed by atoms with Gasteiger partial charge in [0.15, 0.2) is 5.43 Å². The third-order valence-electron chi connectivity index (χ3n) is 4.74. The maximum atomic E-state index is 12.8. The molecule has 0 aliphatic heterocycles. The van der Waals surface area contributed by atoms with Crippen LogP contribution in [0.5, 0.6) is 11.5 Å². The van der Waals surface area contributed by atoms with Crippen LogP contribution in [0, 0.1) is 6.92 Å². The predicted octanol–water partition coefficient (Wildman–Crippen LogP) is 6.11. The highest BCUT2D eigenvalue weighted by atomic mass is 79.9. The van der Waals surface area contributed by atoms with E-state index in [9.17, 15) is 4.79 Å². The molecule has 0 unspecified atom stereocenters. The number of rotatable bonds is 9. The molecule has 3 aromatic rings. The van der Waals surface area contributed by atoms with Crippen LogP contribution in [0.3, 0.4) is 0 Å². The first-order valence-corrected chi connectivity index (χ1v) is 10.7. The van der Waals surface area contributed by atoms with Gasteiger partial charge in [-0.2, -0.15) is 0 Å². The average Bonchev–Trinajstić information content (AvgIpc) is 2.73. The second-order valence-corrected chi connectivity index (χ2v) is 7.52. The summed E-state index contributed by atoms with van der Waals surface area (Å²) in [6.07, 6.45) is 4.66. The Kier molecular flexibility index (Phi) is 7.15. The van der Waals surface area contributed by atoms with E-state index in [0.29, 0.717) is 34.6 Å². The highest BCUT2D eigenvalue weighted by Crippen LogP contribution is 2.28. The van der Waals surface area contributed by atoms with Crippen LogP contribution in [0.15, 0.2) is 51.7 Å². The molecule has 148 valence electrons. The van der Waals surface area contributed by atoms with Crippen LogP contribution in [0.2, 0.25) is 0 Å². The van der Waals surface area contributed by atoms with Gasteiger partial charge in [-0.3, -0.25) is 4.79 Å². The maximum absolute atomic E-state index is 12.8. The van der Waals surface area contributed by atoms with E-state index in [-0.39, 0.29) is 5.43 Å². The molecule has 1 aromatic heterocycles. The number of fused-ring (bicyclic) bond motifs is 1. The van der Waals surface area contributed by atoms with Crippen LogP contribution in [-0.4, -0.2) is 19.0 Å². The lowest BCUT2D eigenvalue weighted by atomic mass is 10.1. The zero-order valence-electron chi connectivity index (χ0n) is 16.3. The van der Waals surface area contributed by atoms with Crippen molar-refractivity contribution >= 4 is 26.9 Å². The molecule has 0 aliphatic carbocycles. The van der Waals surface area contributed by atoms with Gasteiger partial charge in [0.1, 0.15) is 22.8 Å². The maximum Gasteiger partial charge on any atom is 0.196 e. The summed E-state index contributed by atoms with van der Waals surface area (Å²) in [7, 11) is 1.58. The van der Waals surface area contributed by atoms with Gasteiger partial charge in [-0.05, 0) is 62.2 Å². The highest BCUT2D eigenvalue weighted by molar-refractivity contribution is 9.09. The summed E-state index contributed by atoms with van der Waals surface area (Å²) in [6.45, 7) is 2.50. The summed E-state index contributed by atoms with van der Waals surface area (Å²) in [5.74, 6) is 2.06. The summed E-state index contributed by atoms with van der Waals surface area (Å²) >= 11 is 3.45. The summed E-state index contributed by atoms with van der Waals surface area (Å²) < 4.78 is 17.1. The largest absolute Gasteiger partial charge is 0.497 e. The van der Waals surface area contributed by atoms with E-state index in [1.165, 1.54) is 19.3 Å². The summed E-state index contributed by atoms with van der Waals surface area (Å²) in [5, 5.41) is 1.59. The van der Waals surface area contributed by atoms with Crippen molar-refractivity contribution < 1.29 is 13.9 Å². The number of hydrogen-bond donors (Lipinski definition) is 0. The van der Waals surface area contributed by atoms with Gasteiger partial charge < -0.3 is 13.9 Å². The number of alkyl halides is 1. The molecule has 5 heteroatoms. The Balaban J connectivity index is 1.75. The van der Waals surface area contributed by atoms with Crippen LogP contribution < -0.4 is 14.9 Å². The lowest BCUT2D eigenvalue weighted by molar-refractivity contribution is 0.305. The lowest BCUT2D eigenvalue weighted by Crippen LogP contribution is -2.07. The van der Waals surface area contributed by atoms with E-state index in [2.05, 4.69) is 15.9 Å². The van der Waals surface area contributed by atoms with Gasteiger partial charge >= 0.3 is 0 Å². The summed E-state index contributed by atoms with van der Waals surface area (Å²) in [6, 6.07) is 13.0. The molecule has 0 atom stereocenters. The van der Waals surface area contributed by atoms with Crippen molar-refractivity contribution in [1.82, 2.24) is 0 Å². The van der Waals surface area contributed by atoms with Crippen molar-refractivity contribution in [3.8, 4) is 22.8 Å². The van der Waals surface area contributed by atoms with Gasteiger partial charge in [0, 0.05) is 16.5 Å². The van der Waals surface area contributed by atoms with Crippen LogP contribution in [-0.2, 0) is 0 Å². The second-order valence-electron chi connectivity index (χ2n) is 6.72. The van der Waals surface area contributed by atoms with Crippen LogP contribution in [0.25, 0.3) is 22.3 Å². The molecule has 0 amide bonds. The fourth-order valence-corrected chi connectivity index (χ4v) is 3.51. The molecule has 0 saturated carbocycles. The van der Waals surface area contributed by atoms with E-state index in [0.717, 1.165) is 23.1 Å². The Morgan fingerprint density at radius 2 is 1.68 bits per heavy atom. The SMILES string of the molecule is COc1ccc2oc(-c3ccc(OCCCCCCBr)cc3)c(C)c(=O)c2c1. The Bertz CT molecular complexity index is 976. The van der Waals surface area contributed by atoms with Crippen molar-refractivity contribution in [1.29, 1.82) is 0 Å². The predicted molar refractivity (Wildman–Crippen MR) is 117 cm³/mol. The number of benzene rings is 2. The molecule has 3 rings (SSSR count). The van der Waals surface area contributed by atoms with E-state index in [4.69, 9.17) is 13.9 Å². The van der Waals surface area contributed by atoms with Crippen LogP contribution in [0.4, 0.5) is 0 Å². The number of methoxy groups -OCH3 is 1. The van der Waals surface area contributed by atoms with Crippen LogP contribution >= 0.6 is 15.9 Å². The Morgan fingerprint density at radius 3 is 2.39 bits per heavy atom. The molecule has 0 spiro atoms. The molecule has 0 fully saturated rings. The zero-order chi connectivity index (χ0) is 19.9. The molecular formula is C23H25BrO4. The standard InChI is InChI=1S/C23H25BrO4/c1-16-22(25)20-15-19(26-2)11-12-21(20)28-23(16)17-7-9-18(10-8-17)27-14-6-4-3-5-13-24/h7-12,15H,3-6,13-14H2,1-2H3. The topological polar surface area (TPSA) is 48.7 Å². The second kappa shape index (κ2) is 9.78. The number of halogens is 1. The molecule has 0 N–H and O–H groups in total. The fourth-order valence-electron chi connectivity index (χ4n) is 3.11. The van der Waals surface area contributed by atoms with Crippen molar-refractivity contribution in [2.75, 3.05) is 19.0 Å². The molecule has 0 aliphatic rings. The first kappa shape index (κ1) is 20.5. The smallest absolute Gasteiger partial charge is 0.196 e. The molecule has 0 saturated heterocycles. The minimum absolute atomic E-state index is 0.0426. The van der Waals surface area contributed by atoms with Crippen molar-refractivity contribution in [2.24, 2.45) is 0 Å². The Labute approximate surface area is 173 Å². The van der Waals surface area contributed by atoms with E-state index < -0.39 is 0 Å². The molecule has 4 nitrogen and oxygen atoms in total. The van der Waals surface area contributed by atoms with Gasteiger partial charge in [-0.15, -0.1) is 0 Å². The minimum atomic E-state index is -0.0426. The number of unbranched alkanes of at least 4 members (excludes halogenated alkanes) is 3. The summed E-state index contributed by atoms with van der Waals surface area (Å²) in [4.78, 5) is 12.8. The third-order valence-corrected chi connectivity index (χ3v) is 5.30. The van der Waals surface area contributed by atoms with E-state index >= 15 is 0 Å². The van der Waals surface area contributed by atoms with Gasteiger partial charge in [-0.25, -0.2) is 0 Å². The van der Waals surface area contributed by atoms with E-state index in [1.807, 2.05) is 24.3 Å². The molecule has 28 heavy (non-hydrogen) atoms. The average molecular weight is 445 g/mol. The molecule has 2 aromatic carbocycles. The molecule has 0 radical (unpaired) electrons. The monoisotopic (exact) mass is 444 g/mol. The van der Waals surface area contributed by atoms with E-state index in [1.54, 1.807) is 32.2 Å². The van der Waals surface area contributed by atoms with Crippen molar-refractivity contribution in [3.05, 3.63) is 58.3 Å². The van der Waals surface area contributed by atoms with Gasteiger partial charge in [-0.1, -0.05) is 28.8 Å². The minimum Gasteiger partial charge on any atom is -0.497 e. The van der Waals surface area contributed by atoms with Crippen molar-refractivity contribution in [2.45, 2.75) is 32.6 Å². The molecular weight excluding hydrogens is 420 g/mol. The van der Waals surface area contributed by atoms with Crippen LogP contribution in [0.1, 0.15) is 31.2 Å². The van der Waals surface area contributed by atoms with Gasteiger partial charge in [0.2, 0.25) is 0 Å². The zero-order valence-corrected chi connectivity index (χ0v) is 17.9. The Hall–Kier alpha value is -2.27. The fraction of sp³-hybridized carbons (Fsp3) is 0.348. The summed E-state index contributed by atoms with van der Waals surface area (Å²) in [5.41, 5.74) is 1.95. The number of ether oxygens (including phenoxy) is 2. The number of hydrogen-bond acceptors (Lipinski definition) is 4. The highest BCUT2D eigenvalue weighted by Gasteiger charge is 2.13. The quantitative estimate of drug-likeness (QED) is 0.295. The van der Waals surface area contributed by atoms with Crippen molar-refractivity contribution in [3.63, 3.8) is 0 Å². The normalized spacial score (nSPS) is 11.0. The first-order valence-electron chi connectivity index (χ1n) is 9.54. The first-order chi connectivity index (χ1) is 13.6. The Morgan fingerprint density at radius 1 is 0.964 bits per heavy atom. The third kappa shape index (κ3) is 4.76.